The van der Waals surface area contributed by atoms with Crippen molar-refractivity contribution in [1.82, 2.24) is 10.7 Å². The fraction of sp³-hybridized carbons (Fsp3) is 0.364. The minimum absolute atomic E-state index is 0.0862. The first-order valence-electron chi connectivity index (χ1n) is 5.00. The number of carbonyl (C=O) groups excluding carboxylic acids is 1. The molecule has 2 N–H and O–H groups in total. The Morgan fingerprint density at radius 3 is 2.62 bits per heavy atom. The predicted octanol–water partition coefficient (Wildman–Crippen LogP) is 1.68. The molecule has 0 atom stereocenters. The molecular weight excluding hydrogens is 226 g/mol. The van der Waals surface area contributed by atoms with Crippen molar-refractivity contribution >= 4 is 23.2 Å². The van der Waals surface area contributed by atoms with E-state index in [0.717, 1.165) is 11.3 Å². The van der Waals surface area contributed by atoms with Crippen molar-refractivity contribution in [3.8, 4) is 0 Å². The molecule has 0 saturated heterocycles. The molecule has 1 aromatic carbocycles. The second-order valence-electron chi connectivity index (χ2n) is 3.53. The Bertz CT molecular complexity index is 361. The Kier molecular flexibility index (Phi) is 4.73. The van der Waals surface area contributed by atoms with Gasteiger partial charge in [-0.25, -0.2) is 10.4 Å². The van der Waals surface area contributed by atoms with E-state index in [1.165, 1.54) is 11.9 Å². The van der Waals surface area contributed by atoms with Gasteiger partial charge in [0.1, 0.15) is 0 Å². The topological polar surface area (TPSA) is 44.4 Å². The molecule has 5 heteroatoms. The van der Waals surface area contributed by atoms with E-state index >= 15 is 0 Å². The number of hydrogen-bond donors (Lipinski definition) is 2. The lowest BCUT2D eigenvalue weighted by Gasteiger charge is -2.22. The van der Waals surface area contributed by atoms with Gasteiger partial charge in [0.25, 0.3) is 0 Å². The molecule has 4 nitrogen and oxygen atoms in total. The standard InChI is InChI=1S/C11H16ClN3O/c1-8-4-10(12)6-11(5-8)15(9(2)16)14-7-13-3/h4-6,13-14H,7H2,1-3H3. The second kappa shape index (κ2) is 5.84. The molecule has 16 heavy (non-hydrogen) atoms. The van der Waals surface area contributed by atoms with Crippen LogP contribution in [0, 0.1) is 6.92 Å². The van der Waals surface area contributed by atoms with Crippen LogP contribution >= 0.6 is 11.6 Å². The number of nitrogens with one attached hydrogen (secondary N) is 2. The largest absolute Gasteiger partial charge is 0.306 e. The maximum atomic E-state index is 11.5. The lowest BCUT2D eigenvalue weighted by Crippen LogP contribution is -2.45. The molecule has 0 fully saturated rings. The van der Waals surface area contributed by atoms with Gasteiger partial charge >= 0.3 is 0 Å². The minimum Gasteiger partial charge on any atom is -0.306 e. The third-order valence-electron chi connectivity index (χ3n) is 2.01. The first kappa shape index (κ1) is 13.0. The highest BCUT2D eigenvalue weighted by molar-refractivity contribution is 6.31. The smallest absolute Gasteiger partial charge is 0.238 e. The zero-order valence-electron chi connectivity index (χ0n) is 9.67. The van der Waals surface area contributed by atoms with E-state index in [-0.39, 0.29) is 5.91 Å². The van der Waals surface area contributed by atoms with E-state index in [2.05, 4.69) is 10.7 Å². The van der Waals surface area contributed by atoms with Crippen LogP contribution in [0.25, 0.3) is 0 Å². The molecule has 0 aliphatic carbocycles. The first-order valence-corrected chi connectivity index (χ1v) is 5.38. The van der Waals surface area contributed by atoms with Crippen LogP contribution in [-0.2, 0) is 4.79 Å². The molecule has 0 aliphatic rings. The predicted molar refractivity (Wildman–Crippen MR) is 66.4 cm³/mol. The van der Waals surface area contributed by atoms with Gasteiger partial charge in [0.15, 0.2) is 0 Å². The molecule has 0 saturated carbocycles. The third-order valence-corrected chi connectivity index (χ3v) is 2.23. The van der Waals surface area contributed by atoms with Gasteiger partial charge in [0.05, 0.1) is 12.4 Å². The Balaban J connectivity index is 2.96. The van der Waals surface area contributed by atoms with Crippen molar-refractivity contribution in [1.29, 1.82) is 0 Å². The Labute approximate surface area is 101 Å². The molecule has 0 aromatic heterocycles. The molecule has 1 amide bonds. The summed E-state index contributed by atoms with van der Waals surface area (Å²) in [6.07, 6.45) is 0. The van der Waals surface area contributed by atoms with Crippen LogP contribution in [0.2, 0.25) is 5.02 Å². The average Bonchev–Trinajstić information content (AvgIpc) is 2.16. The number of hydrazine groups is 1. The normalized spacial score (nSPS) is 10.2. The highest BCUT2D eigenvalue weighted by Gasteiger charge is 2.11. The summed E-state index contributed by atoms with van der Waals surface area (Å²) in [6, 6.07) is 5.50. The quantitative estimate of drug-likeness (QED) is 0.623. The van der Waals surface area contributed by atoms with Crippen LogP contribution in [-0.4, -0.2) is 19.6 Å². The number of nitrogens with zero attached hydrogens (tertiary/aromatic N) is 1. The molecule has 1 rings (SSSR count). The summed E-state index contributed by atoms with van der Waals surface area (Å²) in [4.78, 5) is 11.5. The maximum Gasteiger partial charge on any atom is 0.238 e. The molecular formula is C11H16ClN3O. The molecule has 0 spiro atoms. The number of amides is 1. The Hall–Kier alpha value is -1.10. The Morgan fingerprint density at radius 1 is 1.44 bits per heavy atom. The Morgan fingerprint density at radius 2 is 2.12 bits per heavy atom. The van der Waals surface area contributed by atoms with E-state index in [9.17, 15) is 4.79 Å². The van der Waals surface area contributed by atoms with Crippen molar-refractivity contribution in [2.45, 2.75) is 13.8 Å². The van der Waals surface area contributed by atoms with Crippen LogP contribution in [0.5, 0.6) is 0 Å². The van der Waals surface area contributed by atoms with Crippen molar-refractivity contribution in [2.75, 3.05) is 18.7 Å². The summed E-state index contributed by atoms with van der Waals surface area (Å²) in [5, 5.41) is 5.00. The van der Waals surface area contributed by atoms with Gasteiger partial charge in [-0.1, -0.05) is 11.6 Å². The lowest BCUT2D eigenvalue weighted by molar-refractivity contribution is -0.117. The lowest BCUT2D eigenvalue weighted by atomic mass is 10.2. The monoisotopic (exact) mass is 241 g/mol. The van der Waals surface area contributed by atoms with Gasteiger partial charge in [-0.15, -0.1) is 0 Å². The van der Waals surface area contributed by atoms with E-state index in [0.29, 0.717) is 11.7 Å². The summed E-state index contributed by atoms with van der Waals surface area (Å²) in [7, 11) is 1.80. The van der Waals surface area contributed by atoms with Gasteiger partial charge in [-0.3, -0.25) is 4.79 Å². The van der Waals surface area contributed by atoms with Crippen LogP contribution in [0.1, 0.15) is 12.5 Å². The molecule has 88 valence electrons. The van der Waals surface area contributed by atoms with Crippen LogP contribution in [0.4, 0.5) is 5.69 Å². The van der Waals surface area contributed by atoms with E-state index in [1.54, 1.807) is 13.1 Å². The number of halogens is 1. The molecule has 0 bridgehead atoms. The summed E-state index contributed by atoms with van der Waals surface area (Å²) in [5.41, 5.74) is 4.71. The van der Waals surface area contributed by atoms with E-state index in [1.807, 2.05) is 19.1 Å². The highest BCUT2D eigenvalue weighted by atomic mass is 35.5. The highest BCUT2D eigenvalue weighted by Crippen LogP contribution is 2.21. The van der Waals surface area contributed by atoms with Gasteiger partial charge < -0.3 is 5.32 Å². The number of aryl methyl sites for hydroxylation is 1. The van der Waals surface area contributed by atoms with E-state index in [4.69, 9.17) is 11.6 Å². The number of benzene rings is 1. The van der Waals surface area contributed by atoms with Crippen molar-refractivity contribution in [3.05, 3.63) is 28.8 Å². The van der Waals surface area contributed by atoms with E-state index < -0.39 is 0 Å². The molecule has 0 heterocycles. The zero-order chi connectivity index (χ0) is 12.1. The third kappa shape index (κ3) is 3.48. The maximum absolute atomic E-state index is 11.5. The van der Waals surface area contributed by atoms with Gasteiger partial charge in [0, 0.05) is 11.9 Å². The number of carbonyl (C=O) groups is 1. The number of rotatable bonds is 4. The number of hydrogen-bond acceptors (Lipinski definition) is 3. The van der Waals surface area contributed by atoms with Gasteiger partial charge in [0.2, 0.25) is 5.91 Å². The van der Waals surface area contributed by atoms with Gasteiger partial charge in [-0.05, 0) is 37.7 Å². The van der Waals surface area contributed by atoms with Crippen molar-refractivity contribution in [2.24, 2.45) is 0 Å². The zero-order valence-corrected chi connectivity index (χ0v) is 10.4. The molecule has 1 aromatic rings. The first-order chi connectivity index (χ1) is 7.54. The summed E-state index contributed by atoms with van der Waals surface area (Å²) in [5.74, 6) is -0.0862. The SMILES string of the molecule is CNCNN(C(C)=O)c1cc(C)cc(Cl)c1. The summed E-state index contributed by atoms with van der Waals surface area (Å²) >= 11 is 5.95. The fourth-order valence-electron chi connectivity index (χ4n) is 1.39. The van der Waals surface area contributed by atoms with Crippen LogP contribution in [0.15, 0.2) is 18.2 Å². The van der Waals surface area contributed by atoms with Crippen LogP contribution < -0.4 is 15.8 Å². The fourth-order valence-corrected chi connectivity index (χ4v) is 1.67. The van der Waals surface area contributed by atoms with Crippen LogP contribution in [0.3, 0.4) is 0 Å². The summed E-state index contributed by atoms with van der Waals surface area (Å²) in [6.45, 7) is 3.94. The minimum atomic E-state index is -0.0862. The second-order valence-corrected chi connectivity index (χ2v) is 3.97. The average molecular weight is 242 g/mol. The molecule has 0 aliphatic heterocycles. The molecule has 0 unspecified atom stereocenters. The van der Waals surface area contributed by atoms with Gasteiger partial charge in [-0.2, -0.15) is 0 Å². The number of anilines is 1. The molecule has 0 radical (unpaired) electrons. The van der Waals surface area contributed by atoms with Crippen molar-refractivity contribution < 1.29 is 4.79 Å². The summed E-state index contributed by atoms with van der Waals surface area (Å²) < 4.78 is 0. The van der Waals surface area contributed by atoms with Crippen molar-refractivity contribution in [3.63, 3.8) is 0 Å².